The van der Waals surface area contributed by atoms with Crippen molar-refractivity contribution in [2.45, 2.75) is 25.1 Å². The first-order valence-corrected chi connectivity index (χ1v) is 10.8. The fourth-order valence-electron chi connectivity index (χ4n) is 2.57. The molecule has 0 aromatic heterocycles. The van der Waals surface area contributed by atoms with Gasteiger partial charge in [-0.05, 0) is 0 Å². The summed E-state index contributed by atoms with van der Waals surface area (Å²) in [6.07, 6.45) is -3.70. The van der Waals surface area contributed by atoms with Crippen LogP contribution in [0.4, 0.5) is 13.2 Å². The predicted molar refractivity (Wildman–Crippen MR) is 96.0 cm³/mol. The standard InChI is InChI=1S/C20H17F3O3Te/c21-20(22,23)15-6-8-18(9-7-15)27-13-14-10-17(25-12-14)11-19(24)26-16-4-2-1-3-5-16/h1-9,13,17H,10-12H2/b14-13-. The van der Waals surface area contributed by atoms with Crippen molar-refractivity contribution in [3.05, 3.63) is 69.9 Å². The Morgan fingerprint density at radius 2 is 1.85 bits per heavy atom. The van der Waals surface area contributed by atoms with Crippen molar-refractivity contribution in [3.63, 3.8) is 0 Å². The van der Waals surface area contributed by atoms with Crippen LogP contribution in [0.15, 0.2) is 64.3 Å². The Bertz CT molecular complexity index is 801. The van der Waals surface area contributed by atoms with Gasteiger partial charge in [-0.25, -0.2) is 0 Å². The minimum absolute atomic E-state index is 0.174. The number of hydrogen-bond donors (Lipinski definition) is 0. The summed E-state index contributed by atoms with van der Waals surface area (Å²) in [6, 6.07) is 14.2. The Kier molecular flexibility index (Phi) is 6.59. The van der Waals surface area contributed by atoms with E-state index >= 15 is 0 Å². The first-order chi connectivity index (χ1) is 12.9. The molecule has 0 spiro atoms. The van der Waals surface area contributed by atoms with Gasteiger partial charge in [0, 0.05) is 0 Å². The summed E-state index contributed by atoms with van der Waals surface area (Å²) in [5.41, 5.74) is 0.461. The Balaban J connectivity index is 1.48. The molecule has 1 unspecified atom stereocenters. The third-order valence-corrected chi connectivity index (χ3v) is 6.75. The third kappa shape index (κ3) is 6.10. The molecule has 2 aromatic rings. The van der Waals surface area contributed by atoms with Crippen LogP contribution in [0, 0.1) is 0 Å². The second-order valence-electron chi connectivity index (χ2n) is 6.04. The molecule has 7 heteroatoms. The van der Waals surface area contributed by atoms with Gasteiger partial charge in [-0.15, -0.1) is 0 Å². The molecular weight excluding hydrogens is 473 g/mol. The summed E-state index contributed by atoms with van der Waals surface area (Å²) >= 11 is -0.737. The van der Waals surface area contributed by atoms with Crippen LogP contribution in [-0.4, -0.2) is 39.6 Å². The summed E-state index contributed by atoms with van der Waals surface area (Å²) in [4.78, 5) is 12.0. The van der Waals surface area contributed by atoms with Gasteiger partial charge in [0.15, 0.2) is 0 Å². The van der Waals surface area contributed by atoms with E-state index in [1.807, 2.05) is 6.07 Å². The van der Waals surface area contributed by atoms with Crippen molar-refractivity contribution in [1.82, 2.24) is 0 Å². The van der Waals surface area contributed by atoms with Crippen LogP contribution in [0.1, 0.15) is 18.4 Å². The van der Waals surface area contributed by atoms with Gasteiger partial charge in [-0.2, -0.15) is 0 Å². The normalized spacial score (nSPS) is 18.6. The average Bonchev–Trinajstić information content (AvgIpc) is 3.07. The van der Waals surface area contributed by atoms with Crippen molar-refractivity contribution >= 4 is 30.5 Å². The molecule has 1 aliphatic heterocycles. The maximum absolute atomic E-state index is 12.6. The average molecular weight is 490 g/mol. The van der Waals surface area contributed by atoms with E-state index in [4.69, 9.17) is 9.47 Å². The Morgan fingerprint density at radius 3 is 2.52 bits per heavy atom. The molecule has 1 fully saturated rings. The molecule has 3 nitrogen and oxygen atoms in total. The molecule has 0 aliphatic carbocycles. The molecular formula is C20H17F3O3Te. The minimum atomic E-state index is -4.31. The molecule has 1 heterocycles. The summed E-state index contributed by atoms with van der Waals surface area (Å²) in [5, 5.41) is 0. The van der Waals surface area contributed by atoms with Gasteiger partial charge >= 0.3 is 165 Å². The second kappa shape index (κ2) is 8.92. The van der Waals surface area contributed by atoms with E-state index in [1.54, 1.807) is 24.3 Å². The molecule has 0 N–H and O–H groups in total. The van der Waals surface area contributed by atoms with Crippen molar-refractivity contribution in [2.24, 2.45) is 0 Å². The van der Waals surface area contributed by atoms with Gasteiger partial charge in [-0.3, -0.25) is 0 Å². The third-order valence-electron chi connectivity index (χ3n) is 3.91. The van der Waals surface area contributed by atoms with Gasteiger partial charge in [0.25, 0.3) is 0 Å². The molecule has 0 radical (unpaired) electrons. The molecule has 0 saturated carbocycles. The quantitative estimate of drug-likeness (QED) is 0.365. The van der Waals surface area contributed by atoms with Crippen molar-refractivity contribution in [1.29, 1.82) is 0 Å². The molecule has 1 atom stereocenters. The van der Waals surface area contributed by atoms with E-state index < -0.39 is 32.7 Å². The number of halogens is 3. The van der Waals surface area contributed by atoms with Crippen LogP contribution in [-0.2, 0) is 15.7 Å². The van der Waals surface area contributed by atoms with Crippen LogP contribution >= 0.6 is 0 Å². The fourth-order valence-corrected chi connectivity index (χ4v) is 4.74. The molecule has 142 valence electrons. The number of hydrogen-bond acceptors (Lipinski definition) is 3. The number of carbonyl (C=O) groups excluding carboxylic acids is 1. The number of para-hydroxylation sites is 1. The van der Waals surface area contributed by atoms with Gasteiger partial charge in [0.05, 0.1) is 0 Å². The second-order valence-corrected chi connectivity index (χ2v) is 8.74. The number of ether oxygens (including phenoxy) is 2. The Hall–Kier alpha value is -1.81. The van der Waals surface area contributed by atoms with E-state index in [-0.39, 0.29) is 18.5 Å². The van der Waals surface area contributed by atoms with Crippen LogP contribution < -0.4 is 8.35 Å². The van der Waals surface area contributed by atoms with Gasteiger partial charge in [0.2, 0.25) is 0 Å². The van der Waals surface area contributed by atoms with E-state index in [0.717, 1.165) is 21.3 Å². The summed E-state index contributed by atoms with van der Waals surface area (Å²) in [7, 11) is 0. The number of rotatable bonds is 5. The number of carbonyl (C=O) groups is 1. The topological polar surface area (TPSA) is 35.5 Å². The van der Waals surface area contributed by atoms with E-state index in [1.165, 1.54) is 12.1 Å². The zero-order valence-electron chi connectivity index (χ0n) is 14.2. The number of esters is 1. The summed E-state index contributed by atoms with van der Waals surface area (Å²) < 4.78 is 51.6. The predicted octanol–water partition coefficient (Wildman–Crippen LogP) is 3.70. The molecule has 3 rings (SSSR count). The van der Waals surface area contributed by atoms with Gasteiger partial charge < -0.3 is 0 Å². The van der Waals surface area contributed by atoms with E-state index in [0.29, 0.717) is 18.8 Å². The molecule has 0 amide bonds. The molecule has 1 saturated heterocycles. The summed E-state index contributed by atoms with van der Waals surface area (Å²) in [6.45, 7) is 0.453. The zero-order chi connectivity index (χ0) is 19.3. The summed E-state index contributed by atoms with van der Waals surface area (Å²) in [5.74, 6) is 0.164. The SMILES string of the molecule is O=C(CC1C/C(=C/[Te]c2ccc(C(F)(F)F)cc2)CO1)Oc1ccccc1. The molecule has 1 aliphatic rings. The fraction of sp³-hybridized carbons (Fsp3) is 0.250. The van der Waals surface area contributed by atoms with Crippen LogP contribution in [0.2, 0.25) is 0 Å². The van der Waals surface area contributed by atoms with Crippen molar-refractivity contribution in [3.8, 4) is 5.75 Å². The zero-order valence-corrected chi connectivity index (χ0v) is 16.6. The van der Waals surface area contributed by atoms with Crippen molar-refractivity contribution in [2.75, 3.05) is 6.61 Å². The maximum atomic E-state index is 12.6. The Labute approximate surface area is 165 Å². The van der Waals surface area contributed by atoms with Crippen LogP contribution in [0.25, 0.3) is 0 Å². The molecule has 2 aromatic carbocycles. The van der Waals surface area contributed by atoms with Crippen LogP contribution in [0.5, 0.6) is 5.75 Å². The van der Waals surface area contributed by atoms with E-state index in [2.05, 4.69) is 4.12 Å². The monoisotopic (exact) mass is 492 g/mol. The number of alkyl halides is 3. The Morgan fingerprint density at radius 1 is 1.15 bits per heavy atom. The van der Waals surface area contributed by atoms with Gasteiger partial charge in [-0.1, -0.05) is 0 Å². The van der Waals surface area contributed by atoms with Crippen molar-refractivity contribution < 1.29 is 27.4 Å². The molecule has 0 bridgehead atoms. The number of benzene rings is 2. The molecule has 27 heavy (non-hydrogen) atoms. The van der Waals surface area contributed by atoms with E-state index in [9.17, 15) is 18.0 Å². The van der Waals surface area contributed by atoms with Crippen LogP contribution in [0.3, 0.4) is 0 Å². The van der Waals surface area contributed by atoms with Gasteiger partial charge in [0.1, 0.15) is 0 Å². The first-order valence-electron chi connectivity index (χ1n) is 8.29. The first kappa shape index (κ1) is 19.9.